The van der Waals surface area contributed by atoms with Crippen molar-refractivity contribution in [3.05, 3.63) is 18.2 Å². The lowest BCUT2D eigenvalue weighted by molar-refractivity contribution is 0.254. The van der Waals surface area contributed by atoms with Crippen LogP contribution in [0.15, 0.2) is 18.2 Å². The first-order valence-electron chi connectivity index (χ1n) is 7.01. The molecule has 4 nitrogen and oxygen atoms in total. The zero-order valence-corrected chi connectivity index (χ0v) is 11.7. The number of piperidine rings is 1. The summed E-state index contributed by atoms with van der Waals surface area (Å²) in [6.45, 7) is 3.71. The lowest BCUT2D eigenvalue weighted by Gasteiger charge is -2.32. The number of nitrogens with zero attached hydrogens (tertiary/aromatic N) is 1. The van der Waals surface area contributed by atoms with E-state index < -0.39 is 0 Å². The highest BCUT2D eigenvalue weighted by Crippen LogP contribution is 2.34. The second-order valence-corrected chi connectivity index (χ2v) is 5.46. The molecule has 0 spiro atoms. The second kappa shape index (κ2) is 5.29. The van der Waals surface area contributed by atoms with Gasteiger partial charge >= 0.3 is 0 Å². The highest BCUT2D eigenvalue weighted by molar-refractivity contribution is 5.60. The molecule has 0 aliphatic carbocycles. The quantitative estimate of drug-likeness (QED) is 0.902. The van der Waals surface area contributed by atoms with Gasteiger partial charge in [-0.05, 0) is 37.4 Å². The SMILES string of the molecule is COc1ccc(OC)c(NC2CCN3CCC2C3)c1. The van der Waals surface area contributed by atoms with Gasteiger partial charge in [-0.25, -0.2) is 0 Å². The van der Waals surface area contributed by atoms with Crippen LogP contribution in [-0.4, -0.2) is 44.8 Å². The van der Waals surface area contributed by atoms with Gasteiger partial charge in [0.25, 0.3) is 0 Å². The van der Waals surface area contributed by atoms with Gasteiger partial charge in [0.05, 0.1) is 19.9 Å². The van der Waals surface area contributed by atoms with Crippen LogP contribution in [0.2, 0.25) is 0 Å². The molecule has 2 bridgehead atoms. The van der Waals surface area contributed by atoms with Gasteiger partial charge in [0.2, 0.25) is 0 Å². The van der Waals surface area contributed by atoms with Crippen LogP contribution in [0.3, 0.4) is 0 Å². The Morgan fingerprint density at radius 2 is 2.00 bits per heavy atom. The molecule has 0 radical (unpaired) electrons. The molecule has 1 aromatic rings. The molecule has 2 aliphatic rings. The van der Waals surface area contributed by atoms with Gasteiger partial charge in [-0.2, -0.15) is 0 Å². The van der Waals surface area contributed by atoms with E-state index in [4.69, 9.17) is 9.47 Å². The van der Waals surface area contributed by atoms with Gasteiger partial charge in [-0.1, -0.05) is 0 Å². The largest absolute Gasteiger partial charge is 0.497 e. The number of rotatable bonds is 4. The smallest absolute Gasteiger partial charge is 0.142 e. The van der Waals surface area contributed by atoms with Crippen molar-refractivity contribution in [3.63, 3.8) is 0 Å². The van der Waals surface area contributed by atoms with Gasteiger partial charge in [-0.15, -0.1) is 0 Å². The van der Waals surface area contributed by atoms with Gasteiger partial charge in [0.1, 0.15) is 11.5 Å². The van der Waals surface area contributed by atoms with Crippen molar-refractivity contribution in [3.8, 4) is 11.5 Å². The van der Waals surface area contributed by atoms with Crippen LogP contribution >= 0.6 is 0 Å². The van der Waals surface area contributed by atoms with Gasteiger partial charge in [-0.3, -0.25) is 0 Å². The first-order chi connectivity index (χ1) is 9.30. The second-order valence-electron chi connectivity index (χ2n) is 5.46. The first-order valence-corrected chi connectivity index (χ1v) is 7.01. The molecule has 3 rings (SSSR count). The number of fused-ring (bicyclic) bond motifs is 2. The molecule has 3 atom stereocenters. The monoisotopic (exact) mass is 262 g/mol. The minimum Gasteiger partial charge on any atom is -0.497 e. The Kier molecular flexibility index (Phi) is 3.51. The molecule has 3 unspecified atom stereocenters. The maximum atomic E-state index is 5.44. The molecule has 19 heavy (non-hydrogen) atoms. The van der Waals surface area contributed by atoms with E-state index in [2.05, 4.69) is 10.2 Å². The highest BCUT2D eigenvalue weighted by atomic mass is 16.5. The Hall–Kier alpha value is -1.42. The zero-order chi connectivity index (χ0) is 13.2. The van der Waals surface area contributed by atoms with Crippen LogP contribution in [0.1, 0.15) is 12.8 Å². The van der Waals surface area contributed by atoms with E-state index in [1.807, 2.05) is 18.2 Å². The van der Waals surface area contributed by atoms with E-state index in [1.165, 1.54) is 32.5 Å². The van der Waals surface area contributed by atoms with Crippen LogP contribution in [0.5, 0.6) is 11.5 Å². The number of benzene rings is 1. The summed E-state index contributed by atoms with van der Waals surface area (Å²) in [5.74, 6) is 2.53. The minimum atomic E-state index is 0.555. The van der Waals surface area contributed by atoms with E-state index in [-0.39, 0.29) is 0 Å². The van der Waals surface area contributed by atoms with Crippen molar-refractivity contribution in [1.29, 1.82) is 0 Å². The molecule has 2 heterocycles. The first kappa shape index (κ1) is 12.6. The fourth-order valence-corrected chi connectivity index (χ4v) is 3.27. The van der Waals surface area contributed by atoms with E-state index in [9.17, 15) is 0 Å². The summed E-state index contributed by atoms with van der Waals surface area (Å²) < 4.78 is 10.7. The summed E-state index contributed by atoms with van der Waals surface area (Å²) in [6, 6.07) is 6.48. The number of methoxy groups -OCH3 is 2. The zero-order valence-electron chi connectivity index (χ0n) is 11.7. The van der Waals surface area contributed by atoms with Crippen molar-refractivity contribution in [2.45, 2.75) is 18.9 Å². The van der Waals surface area contributed by atoms with Crippen molar-refractivity contribution >= 4 is 5.69 Å². The fourth-order valence-electron chi connectivity index (χ4n) is 3.27. The van der Waals surface area contributed by atoms with Gasteiger partial charge in [0.15, 0.2) is 0 Å². The van der Waals surface area contributed by atoms with Crippen LogP contribution in [0, 0.1) is 5.92 Å². The van der Waals surface area contributed by atoms with Crippen LogP contribution in [-0.2, 0) is 0 Å². The Morgan fingerprint density at radius 3 is 2.79 bits per heavy atom. The third-order valence-electron chi connectivity index (χ3n) is 4.38. The summed E-state index contributed by atoms with van der Waals surface area (Å²) >= 11 is 0. The molecule has 0 aromatic heterocycles. The number of hydrogen-bond acceptors (Lipinski definition) is 4. The predicted molar refractivity (Wildman–Crippen MR) is 76.1 cm³/mol. The van der Waals surface area contributed by atoms with E-state index in [0.29, 0.717) is 6.04 Å². The molecule has 0 saturated carbocycles. The third kappa shape index (κ3) is 2.50. The summed E-state index contributed by atoms with van der Waals surface area (Å²) in [5, 5.41) is 3.67. The Labute approximate surface area is 114 Å². The maximum absolute atomic E-state index is 5.44. The van der Waals surface area contributed by atoms with Crippen molar-refractivity contribution in [2.75, 3.05) is 39.2 Å². The Balaban J connectivity index is 1.77. The average Bonchev–Trinajstić information content (AvgIpc) is 2.84. The van der Waals surface area contributed by atoms with E-state index in [1.54, 1.807) is 14.2 Å². The molecular weight excluding hydrogens is 240 g/mol. The van der Waals surface area contributed by atoms with Crippen molar-refractivity contribution in [2.24, 2.45) is 5.92 Å². The average molecular weight is 262 g/mol. The van der Waals surface area contributed by atoms with Crippen LogP contribution < -0.4 is 14.8 Å². The van der Waals surface area contributed by atoms with Gasteiger partial charge in [0, 0.05) is 25.2 Å². The van der Waals surface area contributed by atoms with Crippen molar-refractivity contribution < 1.29 is 9.47 Å². The maximum Gasteiger partial charge on any atom is 0.142 e. The summed E-state index contributed by atoms with van der Waals surface area (Å²) in [4.78, 5) is 2.56. The molecule has 2 aliphatic heterocycles. The molecule has 4 heteroatoms. The van der Waals surface area contributed by atoms with Crippen LogP contribution in [0.25, 0.3) is 0 Å². The fraction of sp³-hybridized carbons (Fsp3) is 0.600. The number of ether oxygens (including phenoxy) is 2. The third-order valence-corrected chi connectivity index (χ3v) is 4.38. The standard InChI is InChI=1S/C15H22N2O2/c1-18-12-3-4-15(19-2)14(9-12)16-13-6-8-17-7-5-11(13)10-17/h3-4,9,11,13,16H,5-8,10H2,1-2H3. The molecule has 1 N–H and O–H groups in total. The molecule has 2 saturated heterocycles. The number of nitrogens with one attached hydrogen (secondary N) is 1. The number of anilines is 1. The molecule has 2 fully saturated rings. The topological polar surface area (TPSA) is 33.7 Å². The predicted octanol–water partition coefficient (Wildman–Crippen LogP) is 2.21. The van der Waals surface area contributed by atoms with Gasteiger partial charge < -0.3 is 19.7 Å². The lowest BCUT2D eigenvalue weighted by Crippen LogP contribution is -2.39. The normalized spacial score (nSPS) is 29.1. The number of hydrogen-bond donors (Lipinski definition) is 1. The molecule has 0 amide bonds. The lowest BCUT2D eigenvalue weighted by atomic mass is 9.94. The summed E-state index contributed by atoms with van der Waals surface area (Å²) in [5.41, 5.74) is 1.05. The molecule has 104 valence electrons. The molecule has 1 aromatic carbocycles. The summed E-state index contributed by atoms with van der Waals surface area (Å²) in [7, 11) is 3.41. The van der Waals surface area contributed by atoms with Crippen molar-refractivity contribution in [1.82, 2.24) is 4.90 Å². The highest BCUT2D eigenvalue weighted by Gasteiger charge is 2.34. The minimum absolute atomic E-state index is 0.555. The van der Waals surface area contributed by atoms with E-state index >= 15 is 0 Å². The van der Waals surface area contributed by atoms with E-state index in [0.717, 1.165) is 23.1 Å². The Morgan fingerprint density at radius 1 is 1.16 bits per heavy atom. The Bertz CT molecular complexity index is 450. The summed E-state index contributed by atoms with van der Waals surface area (Å²) in [6.07, 6.45) is 2.52. The molecular formula is C15H22N2O2. The van der Waals surface area contributed by atoms with Crippen LogP contribution in [0.4, 0.5) is 5.69 Å².